The van der Waals surface area contributed by atoms with Gasteiger partial charge in [0.1, 0.15) is 17.9 Å². The van der Waals surface area contributed by atoms with Crippen molar-refractivity contribution >= 4 is 39.1 Å². The van der Waals surface area contributed by atoms with E-state index in [0.29, 0.717) is 29.6 Å². The number of rotatable bonds is 6. The third-order valence-electron chi connectivity index (χ3n) is 9.87. The average molecular weight is 585 g/mol. The van der Waals surface area contributed by atoms with Crippen LogP contribution in [0.5, 0.6) is 11.6 Å². The fourth-order valence-electron chi connectivity index (χ4n) is 7.31. The fourth-order valence-corrected chi connectivity index (χ4v) is 7.59. The molecular formula is C33H37ClN6O2. The summed E-state index contributed by atoms with van der Waals surface area (Å²) in [4.78, 5) is 17.5. The largest absolute Gasteiger partial charge is 0.508 e. The van der Waals surface area contributed by atoms with Gasteiger partial charge in [0, 0.05) is 79.6 Å². The monoisotopic (exact) mass is 584 g/mol. The fraction of sp³-hybridized carbons (Fsp3) is 0.455. The second kappa shape index (κ2) is 10.2. The summed E-state index contributed by atoms with van der Waals surface area (Å²) in [6, 6.07) is 14.4. The zero-order valence-corrected chi connectivity index (χ0v) is 24.8. The maximum Gasteiger partial charge on any atom is 0.216 e. The number of hydrogen-bond donors (Lipinski definition) is 2. The Morgan fingerprint density at radius 2 is 1.83 bits per heavy atom. The number of aromatic hydroxyl groups is 1. The van der Waals surface area contributed by atoms with Gasteiger partial charge in [0.15, 0.2) is 0 Å². The molecule has 42 heavy (non-hydrogen) atoms. The summed E-state index contributed by atoms with van der Waals surface area (Å²) in [6.07, 6.45) is 6.66. The van der Waals surface area contributed by atoms with Crippen molar-refractivity contribution in [3.8, 4) is 22.8 Å². The molecule has 3 aliphatic heterocycles. The lowest BCUT2D eigenvalue weighted by Crippen LogP contribution is -2.52. The standard InChI is InChI=1S/C33H37ClN6O2/c1-38-9-11-40(12-10-38)33(7-8-33)20-42-30-16-29(39-18-23-5-6-24(19-39)36-23)32-28(37-30)14-22(17-35-32)26-15-25(41)13-21-3-2-4-27(34)31(21)26/h2-4,13-17,23-24,36,41H,5-12,18-20H2,1H3. The van der Waals surface area contributed by atoms with Crippen LogP contribution in [0.2, 0.25) is 5.02 Å². The van der Waals surface area contributed by atoms with Gasteiger partial charge < -0.3 is 25.0 Å². The van der Waals surface area contributed by atoms with Gasteiger partial charge in [-0.1, -0.05) is 23.7 Å². The Kier molecular flexibility index (Phi) is 6.44. The molecule has 5 heterocycles. The van der Waals surface area contributed by atoms with Crippen molar-refractivity contribution in [1.82, 2.24) is 25.1 Å². The van der Waals surface area contributed by atoms with Crippen LogP contribution in [0.1, 0.15) is 25.7 Å². The molecule has 2 aromatic heterocycles. The Morgan fingerprint density at radius 3 is 2.60 bits per heavy atom. The first kappa shape index (κ1) is 26.5. The number of phenols is 1. The van der Waals surface area contributed by atoms with Crippen molar-refractivity contribution in [2.24, 2.45) is 0 Å². The minimum Gasteiger partial charge on any atom is -0.508 e. The number of piperazine rings is 2. The van der Waals surface area contributed by atoms with E-state index in [0.717, 1.165) is 77.9 Å². The van der Waals surface area contributed by atoms with Crippen LogP contribution < -0.4 is 15.0 Å². The van der Waals surface area contributed by atoms with Crippen LogP contribution in [0.25, 0.3) is 32.9 Å². The van der Waals surface area contributed by atoms with E-state index in [1.807, 2.05) is 24.4 Å². The average Bonchev–Trinajstić information content (AvgIpc) is 3.71. The van der Waals surface area contributed by atoms with Crippen LogP contribution in [0.4, 0.5) is 5.69 Å². The minimum absolute atomic E-state index is 0.129. The molecule has 2 N–H and O–H groups in total. The molecule has 218 valence electrons. The van der Waals surface area contributed by atoms with E-state index in [1.165, 1.54) is 25.7 Å². The van der Waals surface area contributed by atoms with E-state index in [4.69, 9.17) is 26.3 Å². The molecule has 1 aliphatic carbocycles. The molecule has 4 fully saturated rings. The van der Waals surface area contributed by atoms with Crippen LogP contribution in [-0.2, 0) is 0 Å². The number of halogens is 1. The van der Waals surface area contributed by atoms with Gasteiger partial charge in [-0.2, -0.15) is 0 Å². The summed E-state index contributed by atoms with van der Waals surface area (Å²) in [7, 11) is 2.20. The van der Waals surface area contributed by atoms with Crippen molar-refractivity contribution in [3.05, 3.63) is 53.7 Å². The van der Waals surface area contributed by atoms with Crippen LogP contribution >= 0.6 is 11.6 Å². The zero-order valence-electron chi connectivity index (χ0n) is 24.0. The second-order valence-electron chi connectivity index (χ2n) is 12.7. The molecule has 2 atom stereocenters. The number of hydrogen-bond acceptors (Lipinski definition) is 8. The molecule has 0 amide bonds. The number of pyridine rings is 2. The molecule has 8 nitrogen and oxygen atoms in total. The Labute approximate surface area is 251 Å². The van der Waals surface area contributed by atoms with Crippen molar-refractivity contribution in [2.75, 3.05) is 57.8 Å². The molecule has 2 aromatic carbocycles. The normalized spacial score (nSPS) is 24.0. The number of nitrogens with one attached hydrogen (secondary N) is 1. The van der Waals surface area contributed by atoms with Gasteiger partial charge in [-0.25, -0.2) is 4.98 Å². The lowest BCUT2D eigenvalue weighted by atomic mass is 9.98. The number of benzene rings is 2. The van der Waals surface area contributed by atoms with E-state index in [9.17, 15) is 5.11 Å². The van der Waals surface area contributed by atoms with Crippen LogP contribution in [-0.4, -0.2) is 95.4 Å². The minimum atomic E-state index is 0.129. The Hall–Kier alpha value is -3.17. The third-order valence-corrected chi connectivity index (χ3v) is 10.2. The van der Waals surface area contributed by atoms with E-state index in [1.54, 1.807) is 12.1 Å². The van der Waals surface area contributed by atoms with Gasteiger partial charge in [0.05, 0.1) is 16.7 Å². The summed E-state index contributed by atoms with van der Waals surface area (Å²) >= 11 is 6.67. The highest BCUT2D eigenvalue weighted by atomic mass is 35.5. The highest BCUT2D eigenvalue weighted by molar-refractivity contribution is 6.36. The Balaban J connectivity index is 1.18. The maximum atomic E-state index is 10.5. The first-order valence-electron chi connectivity index (χ1n) is 15.2. The van der Waals surface area contributed by atoms with Gasteiger partial charge in [-0.3, -0.25) is 9.88 Å². The molecule has 9 heteroatoms. The zero-order chi connectivity index (χ0) is 28.4. The molecule has 3 saturated heterocycles. The summed E-state index contributed by atoms with van der Waals surface area (Å²) in [5, 5.41) is 16.7. The van der Waals surface area contributed by atoms with Gasteiger partial charge in [0.2, 0.25) is 5.88 Å². The Morgan fingerprint density at radius 1 is 1.05 bits per heavy atom. The third kappa shape index (κ3) is 4.74. The highest BCUT2D eigenvalue weighted by Gasteiger charge is 2.49. The highest BCUT2D eigenvalue weighted by Crippen LogP contribution is 2.43. The molecule has 0 spiro atoms. The van der Waals surface area contributed by atoms with E-state index in [2.05, 4.69) is 39.2 Å². The second-order valence-corrected chi connectivity index (χ2v) is 13.2. The lowest BCUT2D eigenvalue weighted by Gasteiger charge is -2.38. The van der Waals surface area contributed by atoms with Gasteiger partial charge in [-0.05, 0) is 67.9 Å². The lowest BCUT2D eigenvalue weighted by molar-refractivity contribution is 0.0666. The maximum absolute atomic E-state index is 10.5. The van der Waals surface area contributed by atoms with E-state index in [-0.39, 0.29) is 11.3 Å². The molecule has 2 unspecified atom stereocenters. The van der Waals surface area contributed by atoms with Crippen LogP contribution in [0.15, 0.2) is 48.7 Å². The number of nitrogens with zero attached hydrogens (tertiary/aromatic N) is 5. The number of likely N-dealkylation sites (N-methyl/N-ethyl adjacent to an activating group) is 1. The molecule has 8 rings (SSSR count). The SMILES string of the molecule is CN1CCN(C2(COc3cc(N4CC5CCC(C4)N5)c4ncc(-c5cc(O)cc6cccc(Cl)c56)cc4n3)CC2)CC1. The van der Waals surface area contributed by atoms with Crippen molar-refractivity contribution in [2.45, 2.75) is 43.3 Å². The first-order valence-corrected chi connectivity index (χ1v) is 15.6. The molecule has 0 radical (unpaired) electrons. The summed E-state index contributed by atoms with van der Waals surface area (Å²) < 4.78 is 6.58. The number of phenolic OH excluding ortho intramolecular Hbond substituents is 1. The summed E-state index contributed by atoms with van der Waals surface area (Å²) in [5.41, 5.74) is 4.59. The topological polar surface area (TPSA) is 77.0 Å². The van der Waals surface area contributed by atoms with E-state index >= 15 is 0 Å². The van der Waals surface area contributed by atoms with Gasteiger partial charge in [0.25, 0.3) is 0 Å². The number of aromatic nitrogens is 2. The van der Waals surface area contributed by atoms with E-state index < -0.39 is 0 Å². The molecule has 4 aliphatic rings. The van der Waals surface area contributed by atoms with Crippen LogP contribution in [0.3, 0.4) is 0 Å². The molecular weight excluding hydrogens is 548 g/mol. The summed E-state index contributed by atoms with van der Waals surface area (Å²) in [5.74, 6) is 0.849. The van der Waals surface area contributed by atoms with Gasteiger partial charge in [-0.15, -0.1) is 0 Å². The molecule has 4 aromatic rings. The van der Waals surface area contributed by atoms with Gasteiger partial charge >= 0.3 is 0 Å². The predicted octanol–water partition coefficient (Wildman–Crippen LogP) is 4.91. The number of anilines is 1. The van der Waals surface area contributed by atoms with Crippen molar-refractivity contribution in [1.29, 1.82) is 0 Å². The molecule has 2 bridgehead atoms. The smallest absolute Gasteiger partial charge is 0.216 e. The summed E-state index contributed by atoms with van der Waals surface area (Å²) in [6.45, 7) is 6.96. The van der Waals surface area contributed by atoms with Crippen LogP contribution in [0, 0.1) is 0 Å². The number of fused-ring (bicyclic) bond motifs is 4. The quantitative estimate of drug-likeness (QED) is 0.331. The van der Waals surface area contributed by atoms with Crippen molar-refractivity contribution < 1.29 is 9.84 Å². The Bertz CT molecular complexity index is 1660. The molecule has 1 saturated carbocycles. The first-order chi connectivity index (χ1) is 20.4. The predicted molar refractivity (Wildman–Crippen MR) is 168 cm³/mol. The number of ether oxygens (including phenoxy) is 1. The van der Waals surface area contributed by atoms with Crippen molar-refractivity contribution in [3.63, 3.8) is 0 Å².